The molecule has 5 nitrogen and oxygen atoms in total. The monoisotopic (exact) mass is 328 g/mol. The number of nitrogens with zero attached hydrogens (tertiary/aromatic N) is 1. The van der Waals surface area contributed by atoms with Crippen LogP contribution in [-0.4, -0.2) is 28.5 Å². The Labute approximate surface area is 143 Å². The Morgan fingerprint density at radius 3 is 2.88 bits per heavy atom. The zero-order valence-corrected chi connectivity index (χ0v) is 14.8. The van der Waals surface area contributed by atoms with Gasteiger partial charge in [0.15, 0.2) is 0 Å². The van der Waals surface area contributed by atoms with E-state index in [-0.39, 0.29) is 17.9 Å². The zero-order valence-electron chi connectivity index (χ0n) is 14.8. The fourth-order valence-corrected chi connectivity index (χ4v) is 3.51. The van der Waals surface area contributed by atoms with Crippen LogP contribution in [0.3, 0.4) is 0 Å². The summed E-state index contributed by atoms with van der Waals surface area (Å²) in [6.07, 6.45) is 2.69. The smallest absolute Gasteiger partial charge is 0.223 e. The first-order chi connectivity index (χ1) is 11.5. The van der Waals surface area contributed by atoms with Crippen molar-refractivity contribution in [2.24, 2.45) is 11.8 Å². The molecule has 1 unspecified atom stereocenters. The average Bonchev–Trinajstić information content (AvgIpc) is 2.97. The molecule has 0 spiro atoms. The highest BCUT2D eigenvalue weighted by atomic mass is 16.2. The zero-order chi connectivity index (χ0) is 17.1. The number of hydrogen-bond acceptors (Lipinski definition) is 3. The van der Waals surface area contributed by atoms with Crippen LogP contribution in [0.25, 0.3) is 11.0 Å². The van der Waals surface area contributed by atoms with Crippen molar-refractivity contribution in [3.8, 4) is 0 Å². The Bertz CT molecular complexity index is 660. The predicted octanol–water partition coefficient (Wildman–Crippen LogP) is 3.15. The first-order valence-electron chi connectivity index (χ1n) is 9.01. The summed E-state index contributed by atoms with van der Waals surface area (Å²) >= 11 is 0. The van der Waals surface area contributed by atoms with Gasteiger partial charge in [0.2, 0.25) is 5.91 Å². The molecular weight excluding hydrogens is 300 g/mol. The number of hydrogen-bond donors (Lipinski definition) is 3. The summed E-state index contributed by atoms with van der Waals surface area (Å²) in [5.74, 6) is 1.60. The SMILES string of the molecule is CC(C)CC(NC(=O)[C@H]1CCN[C@@H](C)C1)c1nc2ccccc2[nH]1. The van der Waals surface area contributed by atoms with E-state index < -0.39 is 0 Å². The van der Waals surface area contributed by atoms with E-state index in [1.165, 1.54) is 0 Å². The molecule has 5 heteroatoms. The molecule has 2 heterocycles. The number of benzene rings is 1. The molecule has 0 bridgehead atoms. The number of rotatable bonds is 5. The Hall–Kier alpha value is -1.88. The topological polar surface area (TPSA) is 69.8 Å². The van der Waals surface area contributed by atoms with Crippen molar-refractivity contribution in [2.45, 2.75) is 52.1 Å². The van der Waals surface area contributed by atoms with Crippen molar-refractivity contribution < 1.29 is 4.79 Å². The summed E-state index contributed by atoms with van der Waals surface area (Å²) in [5, 5.41) is 6.66. The van der Waals surface area contributed by atoms with Gasteiger partial charge < -0.3 is 15.6 Å². The van der Waals surface area contributed by atoms with Gasteiger partial charge in [-0.15, -0.1) is 0 Å². The van der Waals surface area contributed by atoms with Crippen LogP contribution in [0.2, 0.25) is 0 Å². The quantitative estimate of drug-likeness (QED) is 0.789. The Kier molecular flexibility index (Phi) is 5.19. The van der Waals surface area contributed by atoms with Crippen molar-refractivity contribution in [3.05, 3.63) is 30.1 Å². The third kappa shape index (κ3) is 3.96. The molecule has 1 aliphatic rings. The molecule has 3 rings (SSSR count). The van der Waals surface area contributed by atoms with Gasteiger partial charge in [-0.2, -0.15) is 0 Å². The van der Waals surface area contributed by atoms with E-state index in [1.54, 1.807) is 0 Å². The highest BCUT2D eigenvalue weighted by molar-refractivity contribution is 5.79. The van der Waals surface area contributed by atoms with Crippen LogP contribution in [0.15, 0.2) is 24.3 Å². The minimum atomic E-state index is -0.0601. The predicted molar refractivity (Wildman–Crippen MR) is 96.6 cm³/mol. The fourth-order valence-electron chi connectivity index (χ4n) is 3.51. The summed E-state index contributed by atoms with van der Waals surface area (Å²) < 4.78 is 0. The molecule has 1 fully saturated rings. The maximum atomic E-state index is 12.7. The number of imidazole rings is 1. The van der Waals surface area contributed by atoms with Gasteiger partial charge in [-0.05, 0) is 50.8 Å². The number of carbonyl (C=O) groups is 1. The lowest BCUT2D eigenvalue weighted by atomic mass is 9.92. The minimum Gasteiger partial charge on any atom is -0.346 e. The number of aromatic nitrogens is 2. The lowest BCUT2D eigenvalue weighted by molar-refractivity contribution is -0.127. The number of amides is 1. The molecule has 3 N–H and O–H groups in total. The van der Waals surface area contributed by atoms with Crippen molar-refractivity contribution in [3.63, 3.8) is 0 Å². The second kappa shape index (κ2) is 7.34. The maximum absolute atomic E-state index is 12.7. The first-order valence-corrected chi connectivity index (χ1v) is 9.01. The molecule has 1 aliphatic heterocycles. The highest BCUT2D eigenvalue weighted by Gasteiger charge is 2.28. The van der Waals surface area contributed by atoms with Gasteiger partial charge in [0, 0.05) is 12.0 Å². The first kappa shape index (κ1) is 17.0. The normalized spacial score (nSPS) is 22.7. The van der Waals surface area contributed by atoms with E-state index >= 15 is 0 Å². The molecule has 0 radical (unpaired) electrons. The van der Waals surface area contributed by atoms with E-state index in [0.29, 0.717) is 12.0 Å². The number of para-hydroxylation sites is 2. The molecule has 24 heavy (non-hydrogen) atoms. The highest BCUT2D eigenvalue weighted by Crippen LogP contribution is 2.24. The number of fused-ring (bicyclic) bond motifs is 1. The summed E-state index contributed by atoms with van der Waals surface area (Å²) in [5.41, 5.74) is 1.97. The van der Waals surface area contributed by atoms with Gasteiger partial charge in [0.1, 0.15) is 5.82 Å². The minimum absolute atomic E-state index is 0.0601. The molecule has 1 saturated heterocycles. The molecule has 130 valence electrons. The van der Waals surface area contributed by atoms with Crippen molar-refractivity contribution in [2.75, 3.05) is 6.54 Å². The van der Waals surface area contributed by atoms with Gasteiger partial charge in [-0.25, -0.2) is 4.98 Å². The molecule has 0 aliphatic carbocycles. The molecule has 3 atom stereocenters. The van der Waals surface area contributed by atoms with E-state index in [9.17, 15) is 4.79 Å². The summed E-state index contributed by atoms with van der Waals surface area (Å²) in [6.45, 7) is 7.41. The van der Waals surface area contributed by atoms with Gasteiger partial charge in [-0.3, -0.25) is 4.79 Å². The second-order valence-corrected chi connectivity index (χ2v) is 7.41. The molecule has 1 aromatic heterocycles. The lowest BCUT2D eigenvalue weighted by Gasteiger charge is -2.29. The molecule has 2 aromatic rings. The van der Waals surface area contributed by atoms with E-state index in [4.69, 9.17) is 4.98 Å². The summed E-state index contributed by atoms with van der Waals surface area (Å²) in [7, 11) is 0. The van der Waals surface area contributed by atoms with Gasteiger partial charge >= 0.3 is 0 Å². The van der Waals surface area contributed by atoms with Crippen LogP contribution in [0.5, 0.6) is 0 Å². The molecular formula is C19H28N4O. The maximum Gasteiger partial charge on any atom is 0.223 e. The molecule has 1 aromatic carbocycles. The second-order valence-electron chi connectivity index (χ2n) is 7.41. The number of aromatic amines is 1. The van der Waals surface area contributed by atoms with Gasteiger partial charge in [-0.1, -0.05) is 26.0 Å². The average molecular weight is 328 g/mol. The third-order valence-corrected chi connectivity index (χ3v) is 4.76. The van der Waals surface area contributed by atoms with E-state index in [0.717, 1.165) is 42.7 Å². The van der Waals surface area contributed by atoms with Crippen LogP contribution in [0, 0.1) is 11.8 Å². The van der Waals surface area contributed by atoms with Gasteiger partial charge in [0.25, 0.3) is 0 Å². The summed E-state index contributed by atoms with van der Waals surface area (Å²) in [4.78, 5) is 20.8. The van der Waals surface area contributed by atoms with Crippen LogP contribution >= 0.6 is 0 Å². The Morgan fingerprint density at radius 1 is 1.38 bits per heavy atom. The van der Waals surface area contributed by atoms with Crippen molar-refractivity contribution >= 4 is 16.9 Å². The van der Waals surface area contributed by atoms with E-state index in [2.05, 4.69) is 36.4 Å². The van der Waals surface area contributed by atoms with Crippen LogP contribution in [0.4, 0.5) is 0 Å². The largest absolute Gasteiger partial charge is 0.346 e. The van der Waals surface area contributed by atoms with Crippen molar-refractivity contribution in [1.82, 2.24) is 20.6 Å². The Balaban J connectivity index is 1.77. The van der Waals surface area contributed by atoms with Crippen LogP contribution < -0.4 is 10.6 Å². The van der Waals surface area contributed by atoms with Crippen LogP contribution in [0.1, 0.15) is 51.9 Å². The lowest BCUT2D eigenvalue weighted by Crippen LogP contribution is -2.43. The Morgan fingerprint density at radius 2 is 2.17 bits per heavy atom. The molecule has 0 saturated carbocycles. The van der Waals surface area contributed by atoms with E-state index in [1.807, 2.05) is 24.3 Å². The van der Waals surface area contributed by atoms with Gasteiger partial charge in [0.05, 0.1) is 17.1 Å². The molecule has 1 amide bonds. The standard InChI is InChI=1S/C19H28N4O/c1-12(2)10-17(18-21-15-6-4-5-7-16(15)22-18)23-19(24)14-8-9-20-13(3)11-14/h4-7,12-14,17,20H,8-11H2,1-3H3,(H,21,22)(H,23,24)/t13-,14-,17?/m0/s1. The van der Waals surface area contributed by atoms with Crippen molar-refractivity contribution in [1.29, 1.82) is 0 Å². The number of carbonyl (C=O) groups excluding carboxylic acids is 1. The number of nitrogens with one attached hydrogen (secondary N) is 3. The summed E-state index contributed by atoms with van der Waals surface area (Å²) in [6, 6.07) is 8.35. The fraction of sp³-hybridized carbons (Fsp3) is 0.579. The number of H-pyrrole nitrogens is 1. The van der Waals surface area contributed by atoms with Crippen LogP contribution in [-0.2, 0) is 4.79 Å². The number of piperidine rings is 1. The third-order valence-electron chi connectivity index (χ3n) is 4.76.